The SMILES string of the molecule is CCOc1cc([C@H]2NC(=O)NC(C)=C2C(=O)OC)ccc1OC[C@@H](O)N/N=C/c1cc(Br)cc(I)c1OCc1ccccc1F. The molecule has 3 aromatic carbocycles. The fraction of sp³-hybridized carbons (Fsp3) is 0.258. The van der Waals surface area contributed by atoms with Gasteiger partial charge in [-0.05, 0) is 72.3 Å². The van der Waals surface area contributed by atoms with E-state index in [1.807, 2.05) is 6.07 Å². The zero-order valence-corrected chi connectivity index (χ0v) is 28.3. The lowest BCUT2D eigenvalue weighted by Crippen LogP contribution is -2.45. The van der Waals surface area contributed by atoms with Crippen molar-refractivity contribution in [2.24, 2.45) is 5.10 Å². The van der Waals surface area contributed by atoms with Crippen LogP contribution in [0.4, 0.5) is 9.18 Å². The van der Waals surface area contributed by atoms with Crippen molar-refractivity contribution in [3.05, 3.63) is 96.4 Å². The summed E-state index contributed by atoms with van der Waals surface area (Å²) in [5.41, 5.74) is 4.83. The highest BCUT2D eigenvalue weighted by atomic mass is 127. The molecule has 2 atom stereocenters. The van der Waals surface area contributed by atoms with Crippen molar-refractivity contribution in [2.75, 3.05) is 20.3 Å². The lowest BCUT2D eigenvalue weighted by Gasteiger charge is -2.28. The van der Waals surface area contributed by atoms with Crippen molar-refractivity contribution in [2.45, 2.75) is 32.7 Å². The van der Waals surface area contributed by atoms with Gasteiger partial charge in [0.2, 0.25) is 0 Å². The second-order valence-electron chi connectivity index (χ2n) is 9.60. The van der Waals surface area contributed by atoms with Gasteiger partial charge in [0.15, 0.2) is 17.7 Å². The number of esters is 1. The second kappa shape index (κ2) is 15.9. The zero-order valence-electron chi connectivity index (χ0n) is 24.5. The molecule has 1 heterocycles. The molecule has 1 aliphatic heterocycles. The lowest BCUT2D eigenvalue weighted by molar-refractivity contribution is -0.136. The van der Waals surface area contributed by atoms with Crippen LogP contribution < -0.4 is 30.3 Å². The van der Waals surface area contributed by atoms with Crippen molar-refractivity contribution < 1.29 is 38.0 Å². The summed E-state index contributed by atoms with van der Waals surface area (Å²) in [7, 11) is 1.27. The normalized spacial score (nSPS) is 15.3. The molecule has 238 valence electrons. The van der Waals surface area contributed by atoms with Crippen molar-refractivity contribution >= 4 is 56.7 Å². The van der Waals surface area contributed by atoms with E-state index in [-0.39, 0.29) is 24.6 Å². The highest BCUT2D eigenvalue weighted by Crippen LogP contribution is 2.35. The number of aliphatic hydroxyl groups excluding tert-OH is 1. The molecule has 0 aromatic heterocycles. The number of urea groups is 1. The second-order valence-corrected chi connectivity index (χ2v) is 11.7. The predicted molar refractivity (Wildman–Crippen MR) is 177 cm³/mol. The number of hydrogen-bond acceptors (Lipinski definition) is 9. The first-order chi connectivity index (χ1) is 21.6. The number of benzene rings is 3. The average molecular weight is 797 g/mol. The van der Waals surface area contributed by atoms with Gasteiger partial charge in [-0.15, -0.1) is 0 Å². The molecule has 0 aliphatic carbocycles. The molecule has 0 unspecified atom stereocenters. The number of carbonyl (C=O) groups excluding carboxylic acids is 2. The zero-order chi connectivity index (χ0) is 32.5. The third-order valence-electron chi connectivity index (χ3n) is 6.47. The number of aliphatic hydroxyl groups is 1. The Morgan fingerprint density at radius 2 is 1.96 bits per heavy atom. The van der Waals surface area contributed by atoms with Crippen molar-refractivity contribution in [1.29, 1.82) is 0 Å². The number of nitrogens with one attached hydrogen (secondary N) is 3. The molecule has 11 nitrogen and oxygen atoms in total. The number of hydrazone groups is 1. The van der Waals surface area contributed by atoms with E-state index in [4.69, 9.17) is 18.9 Å². The molecule has 0 bridgehead atoms. The minimum absolute atomic E-state index is 0.0277. The van der Waals surface area contributed by atoms with E-state index in [1.54, 1.807) is 56.3 Å². The Morgan fingerprint density at radius 1 is 1.18 bits per heavy atom. The van der Waals surface area contributed by atoms with Gasteiger partial charge in [-0.3, -0.25) is 5.43 Å². The summed E-state index contributed by atoms with van der Waals surface area (Å²) in [4.78, 5) is 24.6. The highest BCUT2D eigenvalue weighted by molar-refractivity contribution is 14.1. The van der Waals surface area contributed by atoms with Crippen LogP contribution >= 0.6 is 38.5 Å². The maximum atomic E-state index is 14.1. The van der Waals surface area contributed by atoms with Crippen LogP contribution in [0.2, 0.25) is 0 Å². The predicted octanol–water partition coefficient (Wildman–Crippen LogP) is 5.29. The van der Waals surface area contributed by atoms with E-state index in [1.165, 1.54) is 19.4 Å². The van der Waals surface area contributed by atoms with Crippen LogP contribution in [-0.4, -0.2) is 49.9 Å². The van der Waals surface area contributed by atoms with Gasteiger partial charge >= 0.3 is 12.0 Å². The fourth-order valence-electron chi connectivity index (χ4n) is 4.41. The number of methoxy groups -OCH3 is 1. The molecule has 3 aromatic rings. The molecular formula is C31H31BrFIN4O7. The standard InChI is InChI=1S/C31H31BrFIN4O7/c1-4-43-25-12-18(28-27(30(40)42-3)17(2)36-31(41)37-28)9-10-24(25)44-16-26(39)38-35-14-20-11-21(32)13-23(34)29(20)45-15-19-7-5-6-8-22(19)33/h5-14,26,28,38-39H,4,15-16H2,1-3H3,(H2,36,37,41)/b35-14+/t26-,28-/m1/s1. The first kappa shape index (κ1) is 34.0. The van der Waals surface area contributed by atoms with Gasteiger partial charge in [0.05, 0.1) is 35.1 Å². The Kier molecular flexibility index (Phi) is 12.0. The molecule has 0 fully saturated rings. The largest absolute Gasteiger partial charge is 0.490 e. The van der Waals surface area contributed by atoms with Crippen LogP contribution in [0.1, 0.15) is 36.6 Å². The van der Waals surface area contributed by atoms with E-state index in [0.29, 0.717) is 46.2 Å². The smallest absolute Gasteiger partial charge is 0.337 e. The fourth-order valence-corrected chi connectivity index (χ4v) is 6.11. The number of allylic oxidation sites excluding steroid dienone is 1. The van der Waals surface area contributed by atoms with Crippen molar-refractivity contribution in [1.82, 2.24) is 16.1 Å². The Balaban J connectivity index is 1.43. The number of halogens is 3. The Morgan fingerprint density at radius 3 is 2.69 bits per heavy atom. The Bertz CT molecular complexity index is 1620. The van der Waals surface area contributed by atoms with Crippen LogP contribution in [0, 0.1) is 9.39 Å². The van der Waals surface area contributed by atoms with Gasteiger partial charge in [0.25, 0.3) is 0 Å². The van der Waals surface area contributed by atoms with Gasteiger partial charge < -0.3 is 34.7 Å². The van der Waals surface area contributed by atoms with E-state index < -0.39 is 24.3 Å². The number of ether oxygens (including phenoxy) is 4. The number of nitrogens with zero attached hydrogens (tertiary/aromatic N) is 1. The van der Waals surface area contributed by atoms with E-state index in [2.05, 4.69) is 59.7 Å². The molecule has 0 saturated heterocycles. The summed E-state index contributed by atoms with van der Waals surface area (Å²) >= 11 is 5.58. The van der Waals surface area contributed by atoms with Crippen molar-refractivity contribution in [3.63, 3.8) is 0 Å². The van der Waals surface area contributed by atoms with Crippen LogP contribution in [0.5, 0.6) is 17.2 Å². The quantitative estimate of drug-likeness (QED) is 0.0602. The molecule has 4 N–H and O–H groups in total. The topological polar surface area (TPSA) is 140 Å². The minimum atomic E-state index is -1.20. The average Bonchev–Trinajstić information content (AvgIpc) is 3.00. The van der Waals surface area contributed by atoms with Crippen LogP contribution in [0.3, 0.4) is 0 Å². The molecule has 45 heavy (non-hydrogen) atoms. The van der Waals surface area contributed by atoms with Gasteiger partial charge in [-0.1, -0.05) is 40.2 Å². The van der Waals surface area contributed by atoms with Gasteiger partial charge in [-0.2, -0.15) is 5.10 Å². The first-order valence-corrected chi connectivity index (χ1v) is 15.6. The number of hydrogen-bond donors (Lipinski definition) is 4. The molecule has 4 rings (SSSR count). The Labute approximate surface area is 281 Å². The maximum absolute atomic E-state index is 14.1. The van der Waals surface area contributed by atoms with Crippen LogP contribution in [0.25, 0.3) is 0 Å². The van der Waals surface area contributed by atoms with E-state index in [9.17, 15) is 19.1 Å². The number of rotatable bonds is 13. The molecule has 1 aliphatic rings. The highest BCUT2D eigenvalue weighted by Gasteiger charge is 2.32. The van der Waals surface area contributed by atoms with Gasteiger partial charge in [-0.25, -0.2) is 14.0 Å². The summed E-state index contributed by atoms with van der Waals surface area (Å²) in [6, 6.07) is 13.8. The molecule has 0 spiro atoms. The molecule has 0 radical (unpaired) electrons. The third kappa shape index (κ3) is 8.85. The van der Waals surface area contributed by atoms with Crippen LogP contribution in [-0.2, 0) is 16.1 Å². The van der Waals surface area contributed by atoms with Crippen LogP contribution in [0.15, 0.2) is 75.4 Å². The number of carbonyl (C=O) groups is 2. The van der Waals surface area contributed by atoms with Gasteiger partial charge in [0.1, 0.15) is 24.8 Å². The third-order valence-corrected chi connectivity index (χ3v) is 7.73. The Hall–Kier alpha value is -3.89. The van der Waals surface area contributed by atoms with E-state index >= 15 is 0 Å². The van der Waals surface area contributed by atoms with Crippen molar-refractivity contribution in [3.8, 4) is 17.2 Å². The maximum Gasteiger partial charge on any atom is 0.337 e. The molecule has 14 heteroatoms. The summed E-state index contributed by atoms with van der Waals surface area (Å²) in [6.07, 6.45) is 0.277. The summed E-state index contributed by atoms with van der Waals surface area (Å²) in [5.74, 6) is 0.240. The summed E-state index contributed by atoms with van der Waals surface area (Å²) in [5, 5.41) is 20.0. The lowest BCUT2D eigenvalue weighted by atomic mass is 9.95. The van der Waals surface area contributed by atoms with E-state index in [0.717, 1.165) is 8.04 Å². The number of amides is 2. The molecule has 0 saturated carbocycles. The summed E-state index contributed by atoms with van der Waals surface area (Å²) < 4.78 is 38.1. The van der Waals surface area contributed by atoms with Gasteiger partial charge in [0, 0.05) is 21.3 Å². The minimum Gasteiger partial charge on any atom is -0.490 e. The molecular weight excluding hydrogens is 766 g/mol. The first-order valence-electron chi connectivity index (χ1n) is 13.7. The monoisotopic (exact) mass is 796 g/mol. The molecule has 2 amide bonds. The summed E-state index contributed by atoms with van der Waals surface area (Å²) in [6.45, 7) is 3.57.